The average molecular weight is 384 g/mol. The average Bonchev–Trinajstić information content (AvgIpc) is 3.21. The van der Waals surface area contributed by atoms with Crippen molar-refractivity contribution in [3.05, 3.63) is 88.9 Å². The van der Waals surface area contributed by atoms with E-state index in [-0.39, 0.29) is 5.41 Å². The highest BCUT2D eigenvalue weighted by atomic mass is 35.5. The lowest BCUT2D eigenvalue weighted by Crippen LogP contribution is -2.27. The molecule has 0 atom stereocenters. The molecular formula is C26H22ClN. The van der Waals surface area contributed by atoms with Gasteiger partial charge in [0.2, 0.25) is 0 Å². The van der Waals surface area contributed by atoms with Gasteiger partial charge in [-0.1, -0.05) is 73.3 Å². The Bertz CT molecular complexity index is 1200. The zero-order chi connectivity index (χ0) is 18.7. The van der Waals surface area contributed by atoms with Crippen LogP contribution in [0.5, 0.6) is 0 Å². The first-order valence-electron chi connectivity index (χ1n) is 10.3. The highest BCUT2D eigenvalue weighted by Crippen LogP contribution is 2.59. The van der Waals surface area contributed by atoms with Crippen molar-refractivity contribution in [2.24, 2.45) is 0 Å². The topological polar surface area (TPSA) is 4.93 Å². The molecule has 1 fully saturated rings. The van der Waals surface area contributed by atoms with Crippen molar-refractivity contribution < 1.29 is 0 Å². The third kappa shape index (κ3) is 2.08. The number of hydrogen-bond acceptors (Lipinski definition) is 0. The second-order valence-corrected chi connectivity index (χ2v) is 8.68. The van der Waals surface area contributed by atoms with E-state index in [0.717, 1.165) is 5.02 Å². The molecule has 0 unspecified atom stereocenters. The van der Waals surface area contributed by atoms with Gasteiger partial charge >= 0.3 is 0 Å². The molecular weight excluding hydrogens is 362 g/mol. The van der Waals surface area contributed by atoms with Crippen LogP contribution in [-0.4, -0.2) is 4.57 Å². The van der Waals surface area contributed by atoms with Crippen LogP contribution in [0.1, 0.15) is 43.2 Å². The quantitative estimate of drug-likeness (QED) is 0.320. The minimum Gasteiger partial charge on any atom is -0.309 e. The smallest absolute Gasteiger partial charge is 0.0585 e. The van der Waals surface area contributed by atoms with E-state index < -0.39 is 0 Å². The number of halogens is 1. The molecule has 0 N–H and O–H groups in total. The van der Waals surface area contributed by atoms with E-state index in [0.29, 0.717) is 0 Å². The summed E-state index contributed by atoms with van der Waals surface area (Å²) < 4.78 is 2.46. The summed E-state index contributed by atoms with van der Waals surface area (Å²) in [5, 5.41) is 2.15. The molecule has 0 amide bonds. The molecule has 1 heterocycles. The van der Waals surface area contributed by atoms with Crippen molar-refractivity contribution >= 4 is 22.5 Å². The molecule has 3 aromatic carbocycles. The Morgan fingerprint density at radius 2 is 1.54 bits per heavy atom. The van der Waals surface area contributed by atoms with Crippen LogP contribution in [0.2, 0.25) is 5.02 Å². The molecule has 28 heavy (non-hydrogen) atoms. The molecule has 0 saturated heterocycles. The summed E-state index contributed by atoms with van der Waals surface area (Å²) in [5.41, 5.74) is 8.42. The van der Waals surface area contributed by atoms with E-state index in [1.165, 1.54) is 71.1 Å². The summed E-state index contributed by atoms with van der Waals surface area (Å²) in [5.74, 6) is 0. The predicted octanol–water partition coefficient (Wildman–Crippen LogP) is 7.51. The number of aromatic nitrogens is 1. The van der Waals surface area contributed by atoms with Gasteiger partial charge in [0.1, 0.15) is 0 Å². The number of hydrogen-bond donors (Lipinski definition) is 0. The first-order chi connectivity index (χ1) is 13.8. The van der Waals surface area contributed by atoms with Crippen LogP contribution in [0.25, 0.3) is 27.8 Å². The normalized spacial score (nSPS) is 17.0. The Balaban J connectivity index is 1.80. The van der Waals surface area contributed by atoms with Crippen LogP contribution in [0.4, 0.5) is 0 Å². The number of nitrogens with zero attached hydrogens (tertiary/aromatic N) is 1. The third-order valence-electron chi connectivity index (χ3n) is 6.83. The fraction of sp³-hybridized carbons (Fsp3) is 0.231. The molecule has 0 aliphatic heterocycles. The van der Waals surface area contributed by atoms with Crippen LogP contribution in [0.15, 0.2) is 72.8 Å². The largest absolute Gasteiger partial charge is 0.309 e. The number of fused-ring (bicyclic) bond motifs is 7. The van der Waals surface area contributed by atoms with E-state index in [1.54, 1.807) is 0 Å². The van der Waals surface area contributed by atoms with E-state index in [4.69, 9.17) is 11.6 Å². The molecule has 0 radical (unpaired) electrons. The summed E-state index contributed by atoms with van der Waals surface area (Å²) in [6.07, 6.45) is 6.41. The van der Waals surface area contributed by atoms with Crippen LogP contribution in [0.3, 0.4) is 0 Å². The molecule has 4 aromatic rings. The molecule has 6 rings (SSSR count). The first kappa shape index (κ1) is 16.4. The van der Waals surface area contributed by atoms with Crippen LogP contribution in [0, 0.1) is 0 Å². The Hall–Kier alpha value is -2.51. The summed E-state index contributed by atoms with van der Waals surface area (Å²) in [6.45, 7) is 0. The maximum Gasteiger partial charge on any atom is 0.0585 e. The third-order valence-corrected chi connectivity index (χ3v) is 7.06. The molecule has 1 aromatic heterocycles. The zero-order valence-corrected chi connectivity index (χ0v) is 16.5. The van der Waals surface area contributed by atoms with Gasteiger partial charge in [0.15, 0.2) is 0 Å². The fourth-order valence-corrected chi connectivity index (χ4v) is 5.94. The molecule has 138 valence electrons. The second-order valence-electron chi connectivity index (χ2n) is 8.24. The number of rotatable bonds is 1. The lowest BCUT2D eigenvalue weighted by atomic mass is 9.67. The zero-order valence-electron chi connectivity index (χ0n) is 15.8. The van der Waals surface area contributed by atoms with Gasteiger partial charge in [0.25, 0.3) is 0 Å². The number of benzene rings is 3. The van der Waals surface area contributed by atoms with Gasteiger partial charge in [-0.25, -0.2) is 0 Å². The van der Waals surface area contributed by atoms with Crippen molar-refractivity contribution in [2.45, 2.75) is 37.5 Å². The number of para-hydroxylation sites is 1. The van der Waals surface area contributed by atoms with E-state index in [1.807, 2.05) is 6.07 Å². The van der Waals surface area contributed by atoms with Crippen molar-refractivity contribution in [3.8, 4) is 16.9 Å². The van der Waals surface area contributed by atoms with Crippen LogP contribution >= 0.6 is 11.6 Å². The monoisotopic (exact) mass is 383 g/mol. The summed E-state index contributed by atoms with van der Waals surface area (Å²) in [7, 11) is 0. The van der Waals surface area contributed by atoms with E-state index in [9.17, 15) is 0 Å². The minimum absolute atomic E-state index is 0.132. The molecule has 2 aliphatic rings. The van der Waals surface area contributed by atoms with Crippen LogP contribution in [-0.2, 0) is 5.41 Å². The first-order valence-corrected chi connectivity index (χ1v) is 10.7. The second kappa shape index (κ2) is 5.99. The van der Waals surface area contributed by atoms with Gasteiger partial charge in [-0.2, -0.15) is 0 Å². The van der Waals surface area contributed by atoms with Crippen molar-refractivity contribution in [3.63, 3.8) is 0 Å². The molecule has 1 spiro atoms. The maximum absolute atomic E-state index is 6.51. The van der Waals surface area contributed by atoms with Gasteiger partial charge < -0.3 is 4.57 Å². The maximum atomic E-state index is 6.51. The van der Waals surface area contributed by atoms with E-state index >= 15 is 0 Å². The molecule has 2 aliphatic carbocycles. The lowest BCUT2D eigenvalue weighted by Gasteiger charge is -2.35. The molecule has 2 heteroatoms. The Morgan fingerprint density at radius 1 is 0.786 bits per heavy atom. The lowest BCUT2D eigenvalue weighted by molar-refractivity contribution is 0.355. The SMILES string of the molecule is Clc1ccc2c(c1)c1c(n2-c2ccccc2)-c2ccccc2C12CCCCC2. The molecule has 1 nitrogen and oxygen atoms in total. The summed E-state index contributed by atoms with van der Waals surface area (Å²) >= 11 is 6.51. The van der Waals surface area contributed by atoms with Gasteiger partial charge in [0.05, 0.1) is 11.2 Å². The Morgan fingerprint density at radius 3 is 2.36 bits per heavy atom. The van der Waals surface area contributed by atoms with E-state index in [2.05, 4.69) is 71.3 Å². The van der Waals surface area contributed by atoms with Gasteiger partial charge in [-0.3, -0.25) is 0 Å². The molecule has 0 bridgehead atoms. The van der Waals surface area contributed by atoms with Crippen LogP contribution < -0.4 is 0 Å². The Kier molecular flexibility index (Phi) is 3.52. The minimum atomic E-state index is 0.132. The van der Waals surface area contributed by atoms with Gasteiger partial charge in [-0.15, -0.1) is 0 Å². The fourth-order valence-electron chi connectivity index (χ4n) is 5.76. The highest BCUT2D eigenvalue weighted by molar-refractivity contribution is 6.31. The van der Waals surface area contributed by atoms with Crippen molar-refractivity contribution in [2.75, 3.05) is 0 Å². The Labute approximate surface area is 170 Å². The van der Waals surface area contributed by atoms with Gasteiger partial charge in [0, 0.05) is 27.1 Å². The van der Waals surface area contributed by atoms with Crippen molar-refractivity contribution in [1.82, 2.24) is 4.57 Å². The summed E-state index contributed by atoms with van der Waals surface area (Å²) in [4.78, 5) is 0. The molecule has 1 saturated carbocycles. The standard InChI is InChI=1S/C26H22ClN/c27-18-13-14-23-21(17-18)24-25(28(23)19-9-3-1-4-10-19)20-11-5-6-12-22(20)26(24)15-7-2-8-16-26/h1,3-6,9-14,17H,2,7-8,15-16H2. The van der Waals surface area contributed by atoms with Crippen molar-refractivity contribution in [1.29, 1.82) is 0 Å². The summed E-state index contributed by atoms with van der Waals surface area (Å²) in [6, 6.07) is 26.3. The predicted molar refractivity (Wildman–Crippen MR) is 118 cm³/mol. The highest BCUT2D eigenvalue weighted by Gasteiger charge is 2.47. The van der Waals surface area contributed by atoms with Gasteiger partial charge in [-0.05, 0) is 54.3 Å².